The van der Waals surface area contributed by atoms with Gasteiger partial charge in [0.1, 0.15) is 36.3 Å². The van der Waals surface area contributed by atoms with Gasteiger partial charge in [-0.05, 0) is 25.7 Å². The van der Waals surface area contributed by atoms with Crippen LogP contribution in [0.2, 0.25) is 0 Å². The number of amides is 2. The molecular formula is C37H64N7O20P3S. The highest BCUT2D eigenvalue weighted by Crippen LogP contribution is 2.61. The Morgan fingerprint density at radius 2 is 1.49 bits per heavy atom. The van der Waals surface area contributed by atoms with Crippen LogP contribution in [-0.2, 0) is 55.5 Å². The van der Waals surface area contributed by atoms with Crippen LogP contribution in [0.4, 0.5) is 5.82 Å². The smallest absolute Gasteiger partial charge is 0.481 e. The van der Waals surface area contributed by atoms with Crippen molar-refractivity contribution in [3.63, 3.8) is 0 Å². The molecule has 3 heterocycles. The first-order valence-corrected chi connectivity index (χ1v) is 27.3. The number of nitrogen functional groups attached to an aromatic ring is 1. The number of aliphatic hydroxyl groups excluding tert-OH is 3. The van der Waals surface area contributed by atoms with Gasteiger partial charge in [0.15, 0.2) is 22.8 Å². The van der Waals surface area contributed by atoms with Crippen molar-refractivity contribution >= 4 is 75.1 Å². The third kappa shape index (κ3) is 21.5. The summed E-state index contributed by atoms with van der Waals surface area (Å²) >= 11 is 1.07. The molecule has 1 aliphatic heterocycles. The molecule has 0 radical (unpaired) electrons. The molecule has 0 spiro atoms. The van der Waals surface area contributed by atoms with Crippen molar-refractivity contribution < 1.29 is 95.5 Å². The molecule has 2 aromatic rings. The van der Waals surface area contributed by atoms with E-state index in [-0.39, 0.29) is 48.0 Å². The number of nitrogens with one attached hydrogen (secondary N) is 2. The van der Waals surface area contributed by atoms with E-state index < -0.39 is 96.6 Å². The van der Waals surface area contributed by atoms with E-state index in [1.165, 1.54) is 13.8 Å². The number of hydrogen-bond donors (Lipinski definition) is 11. The average Bonchev–Trinajstić information content (AvgIpc) is 3.81. The molecule has 31 heteroatoms. The minimum absolute atomic E-state index is 0.0233. The van der Waals surface area contributed by atoms with E-state index in [2.05, 4.69) is 34.4 Å². The summed E-state index contributed by atoms with van der Waals surface area (Å²) in [6.07, 6.45) is 2.39. The number of carbonyl (C=O) groups is 4. The maximum Gasteiger partial charge on any atom is 0.481 e. The zero-order valence-corrected chi connectivity index (χ0v) is 41.1. The zero-order chi connectivity index (χ0) is 50.7. The number of carbonyl (C=O) groups excluding carboxylic acids is 3. The molecule has 68 heavy (non-hydrogen) atoms. The number of anilines is 1. The van der Waals surface area contributed by atoms with Crippen LogP contribution in [-0.4, -0.2) is 145 Å². The molecule has 27 nitrogen and oxygen atoms in total. The first-order chi connectivity index (χ1) is 31.8. The molecule has 0 saturated carbocycles. The minimum Gasteiger partial charge on any atom is -0.481 e. The topological polar surface area (TPSA) is 421 Å². The maximum absolute atomic E-state index is 12.7. The molecule has 1 saturated heterocycles. The van der Waals surface area contributed by atoms with Gasteiger partial charge in [0.05, 0.1) is 25.6 Å². The number of fused-ring (bicyclic) bond motifs is 1. The van der Waals surface area contributed by atoms with Gasteiger partial charge in [-0.25, -0.2) is 28.6 Å². The van der Waals surface area contributed by atoms with Gasteiger partial charge in [0.25, 0.3) is 0 Å². The van der Waals surface area contributed by atoms with Crippen LogP contribution in [0.5, 0.6) is 0 Å². The zero-order valence-electron chi connectivity index (χ0n) is 37.6. The van der Waals surface area contributed by atoms with E-state index in [1.54, 1.807) is 0 Å². The van der Waals surface area contributed by atoms with Gasteiger partial charge in [0.2, 0.25) is 11.8 Å². The second-order valence-electron chi connectivity index (χ2n) is 16.6. The highest BCUT2D eigenvalue weighted by Gasteiger charge is 2.50. The van der Waals surface area contributed by atoms with Crippen molar-refractivity contribution in [2.75, 3.05) is 37.8 Å². The number of unbranched alkanes of at least 4 members (excludes halogenated alkanes) is 7. The number of phosphoric ester groups is 3. The Bertz CT molecular complexity index is 2100. The molecule has 3 rings (SSSR count). The molecule has 0 bridgehead atoms. The van der Waals surface area contributed by atoms with Crippen molar-refractivity contribution in [3.8, 4) is 0 Å². The summed E-state index contributed by atoms with van der Waals surface area (Å²) in [6.45, 7) is 0.397. The molecule has 2 amide bonds. The maximum atomic E-state index is 12.7. The average molecular weight is 1050 g/mol. The normalized spacial score (nSPS) is 20.4. The Balaban J connectivity index is 1.31. The number of thioether (sulfide) groups is 1. The number of nitrogens with zero attached hydrogens (tertiary/aromatic N) is 4. The number of imidazole rings is 1. The predicted molar refractivity (Wildman–Crippen MR) is 241 cm³/mol. The van der Waals surface area contributed by atoms with E-state index in [4.69, 9.17) is 24.6 Å². The fraction of sp³-hybridized carbons (Fsp3) is 0.757. The number of nitrogens with two attached hydrogens (primary N) is 1. The van der Waals surface area contributed by atoms with E-state index in [9.17, 15) is 67.8 Å². The van der Waals surface area contributed by atoms with E-state index in [1.807, 2.05) is 0 Å². The Labute approximate surface area is 396 Å². The standard InChI is InChI=1S/C37H64N7O20P3S/c1-37(2,32(51)35(52)40-17-16-26(46)39-18-19-68-28(49)15-11-10-13-24(45)12-8-6-4-3-5-7-9-14-27(47)48)21-61-67(58,59)64-66(56,57)60-20-25-31(63-65(53,54)55)30(50)36(62-25)44-23-43-29-33(38)41-22-42-34(29)44/h22-25,30-32,36,45,50-51H,3-21H2,1-2H3,(H,39,46)(H,40,52)(H,47,48)(H,56,57)(H,58,59)(H2,38,41,42)(H2,53,54,55). The summed E-state index contributed by atoms with van der Waals surface area (Å²) in [5.41, 5.74) is 4.24. The van der Waals surface area contributed by atoms with Crippen molar-refractivity contribution in [3.05, 3.63) is 12.7 Å². The van der Waals surface area contributed by atoms with Gasteiger partial charge >= 0.3 is 29.4 Å². The van der Waals surface area contributed by atoms with Gasteiger partial charge in [-0.3, -0.25) is 37.3 Å². The molecule has 2 aromatic heterocycles. The SMILES string of the molecule is CC(C)(COP(=O)(O)OP(=O)(O)OCC1OC(n2cnc3c(N)ncnc32)C(O)C1OP(=O)(O)O)C(O)C(=O)NCCC(=O)NCCSC(=O)CCCCC(O)CCCCCCCCCC(=O)O. The largest absolute Gasteiger partial charge is 0.481 e. The molecule has 0 aromatic carbocycles. The van der Waals surface area contributed by atoms with Crippen molar-refractivity contribution in [1.29, 1.82) is 0 Å². The van der Waals surface area contributed by atoms with Crippen LogP contribution in [0.1, 0.15) is 110 Å². The van der Waals surface area contributed by atoms with Crippen LogP contribution >= 0.6 is 35.2 Å². The van der Waals surface area contributed by atoms with E-state index >= 15 is 0 Å². The number of carboxylic acids is 1. The summed E-state index contributed by atoms with van der Waals surface area (Å²) < 4.78 is 62.3. The first kappa shape index (κ1) is 59.3. The summed E-state index contributed by atoms with van der Waals surface area (Å²) in [4.78, 5) is 98.8. The lowest BCUT2D eigenvalue weighted by molar-refractivity contribution is -0.137. The number of ether oxygens (including phenoxy) is 1. The van der Waals surface area contributed by atoms with Crippen molar-refractivity contribution in [1.82, 2.24) is 30.2 Å². The van der Waals surface area contributed by atoms with Crippen LogP contribution < -0.4 is 16.4 Å². The van der Waals surface area contributed by atoms with Crippen molar-refractivity contribution in [2.24, 2.45) is 5.41 Å². The monoisotopic (exact) mass is 1050 g/mol. The lowest BCUT2D eigenvalue weighted by atomic mass is 9.87. The number of rotatable bonds is 34. The van der Waals surface area contributed by atoms with Gasteiger partial charge in [-0.2, -0.15) is 4.31 Å². The fourth-order valence-electron chi connectivity index (χ4n) is 6.70. The number of hydrogen-bond acceptors (Lipinski definition) is 20. The van der Waals surface area contributed by atoms with Crippen LogP contribution in [0.15, 0.2) is 12.7 Å². The van der Waals surface area contributed by atoms with Crippen LogP contribution in [0.3, 0.4) is 0 Å². The number of aromatic nitrogens is 4. The van der Waals surface area contributed by atoms with Gasteiger partial charge in [-0.1, -0.05) is 70.6 Å². The molecule has 8 atom stereocenters. The number of phosphoric acid groups is 3. The summed E-state index contributed by atoms with van der Waals surface area (Å²) in [6, 6.07) is 0. The molecule has 0 aliphatic carbocycles. The Kier molecular flexibility index (Phi) is 24.5. The second kappa shape index (κ2) is 28.1. The molecule has 1 aliphatic rings. The van der Waals surface area contributed by atoms with Gasteiger partial charge in [-0.15, -0.1) is 0 Å². The first-order valence-electron chi connectivity index (χ1n) is 21.8. The van der Waals surface area contributed by atoms with Gasteiger partial charge in [0, 0.05) is 43.5 Å². The van der Waals surface area contributed by atoms with Crippen LogP contribution in [0.25, 0.3) is 11.2 Å². The molecular weight excluding hydrogens is 987 g/mol. The van der Waals surface area contributed by atoms with Crippen LogP contribution in [0, 0.1) is 5.41 Å². The number of aliphatic hydroxyl groups is 3. The second-order valence-corrected chi connectivity index (χ2v) is 22.0. The lowest BCUT2D eigenvalue weighted by Crippen LogP contribution is -2.46. The highest BCUT2D eigenvalue weighted by atomic mass is 32.2. The Morgan fingerprint density at radius 1 is 0.868 bits per heavy atom. The fourth-order valence-corrected chi connectivity index (χ4v) is 10.3. The van der Waals surface area contributed by atoms with E-state index in [0.29, 0.717) is 44.3 Å². The third-order valence-corrected chi connectivity index (χ3v) is 14.4. The quantitative estimate of drug-likeness (QED) is 0.0353. The van der Waals surface area contributed by atoms with Crippen molar-refractivity contribution in [2.45, 2.75) is 140 Å². The summed E-state index contributed by atoms with van der Waals surface area (Å²) in [7, 11) is -16.5. The third-order valence-electron chi connectivity index (χ3n) is 10.4. The van der Waals surface area contributed by atoms with E-state index in [0.717, 1.165) is 67.5 Å². The number of aliphatic carboxylic acids is 1. The van der Waals surface area contributed by atoms with Gasteiger partial charge < -0.3 is 61.1 Å². The summed E-state index contributed by atoms with van der Waals surface area (Å²) in [5.74, 6) is -1.95. The minimum atomic E-state index is -5.59. The molecule has 1 fully saturated rings. The Morgan fingerprint density at radius 3 is 2.15 bits per heavy atom. The Hall–Kier alpha value is -3.01. The molecule has 8 unspecified atom stereocenters. The predicted octanol–water partition coefficient (Wildman–Crippen LogP) is 2.18. The number of carboxylic acid groups (broad SMARTS) is 1. The molecule has 12 N–H and O–H groups in total. The summed E-state index contributed by atoms with van der Waals surface area (Å²) in [5, 5.41) is 45.3. The lowest BCUT2D eigenvalue weighted by Gasteiger charge is -2.30. The molecule has 388 valence electrons. The highest BCUT2D eigenvalue weighted by molar-refractivity contribution is 8.13.